The fourth-order valence-electron chi connectivity index (χ4n) is 4.84. The maximum absolute atomic E-state index is 12.4. The number of fused-ring (bicyclic) bond motifs is 1. The molecular formula is C31H35N7O3. The Hall–Kier alpha value is -4.62. The highest BCUT2D eigenvalue weighted by atomic mass is 16.6. The molecule has 10 nitrogen and oxygen atoms in total. The summed E-state index contributed by atoms with van der Waals surface area (Å²) in [6.07, 6.45) is 1.01. The Balaban J connectivity index is 1.25. The summed E-state index contributed by atoms with van der Waals surface area (Å²) in [6, 6.07) is 22.6. The number of rotatable bonds is 7. The quantitative estimate of drug-likeness (QED) is 0.295. The number of aromatic nitrogens is 3. The minimum atomic E-state index is -0.700. The van der Waals surface area contributed by atoms with Gasteiger partial charge in [0.15, 0.2) is 5.65 Å². The second-order valence-corrected chi connectivity index (χ2v) is 11.3. The zero-order valence-corrected chi connectivity index (χ0v) is 23.5. The van der Waals surface area contributed by atoms with Gasteiger partial charge in [0.1, 0.15) is 28.9 Å². The molecule has 0 spiro atoms. The third-order valence-corrected chi connectivity index (χ3v) is 7.05. The Morgan fingerprint density at radius 2 is 1.85 bits per heavy atom. The number of likely N-dealkylation sites (tertiary alicyclic amines) is 1. The van der Waals surface area contributed by atoms with Gasteiger partial charge in [-0.2, -0.15) is 14.9 Å². The van der Waals surface area contributed by atoms with Gasteiger partial charge in [-0.25, -0.2) is 9.78 Å². The predicted molar refractivity (Wildman–Crippen MR) is 157 cm³/mol. The zero-order chi connectivity index (χ0) is 29.0. The smallest absolute Gasteiger partial charge is 0.410 e. The SMILES string of the molecule is CC(C)(C)OC(=O)N1CC[C@H](CNc2cc(NCc3ccc(-c4ccccc4)cc3)n3ncc(C#N)c3n2)[C@@H](O)C1. The largest absolute Gasteiger partial charge is 0.444 e. The molecule has 0 radical (unpaired) electrons. The molecule has 2 aromatic carbocycles. The Labute approximate surface area is 239 Å². The van der Waals surface area contributed by atoms with Gasteiger partial charge in [0.05, 0.1) is 18.8 Å². The van der Waals surface area contributed by atoms with Crippen LogP contribution >= 0.6 is 0 Å². The fourth-order valence-corrected chi connectivity index (χ4v) is 4.84. The molecule has 3 N–H and O–H groups in total. The highest BCUT2D eigenvalue weighted by molar-refractivity contribution is 5.68. The summed E-state index contributed by atoms with van der Waals surface area (Å²) in [4.78, 5) is 18.6. The number of hydrogen-bond donors (Lipinski definition) is 3. The van der Waals surface area contributed by atoms with Crippen molar-refractivity contribution >= 4 is 23.4 Å². The van der Waals surface area contributed by atoms with Crippen LogP contribution in [-0.4, -0.2) is 62.0 Å². The van der Waals surface area contributed by atoms with Crippen LogP contribution in [0.1, 0.15) is 38.3 Å². The third kappa shape index (κ3) is 6.76. The molecule has 0 bridgehead atoms. The maximum Gasteiger partial charge on any atom is 0.410 e. The number of ether oxygens (including phenoxy) is 1. The van der Waals surface area contributed by atoms with Gasteiger partial charge in [-0.1, -0.05) is 54.6 Å². The highest BCUT2D eigenvalue weighted by Gasteiger charge is 2.32. The molecule has 10 heteroatoms. The number of nitrogens with zero attached hydrogens (tertiary/aromatic N) is 5. The first-order chi connectivity index (χ1) is 19.7. The summed E-state index contributed by atoms with van der Waals surface area (Å²) < 4.78 is 7.07. The minimum absolute atomic E-state index is 0.0772. The number of nitriles is 1. The molecule has 1 fully saturated rings. The van der Waals surface area contributed by atoms with Gasteiger partial charge in [0, 0.05) is 31.6 Å². The van der Waals surface area contributed by atoms with Crippen molar-refractivity contribution in [2.75, 3.05) is 30.3 Å². The van der Waals surface area contributed by atoms with E-state index in [1.807, 2.05) is 45.0 Å². The van der Waals surface area contributed by atoms with Gasteiger partial charge in [-0.3, -0.25) is 0 Å². The number of piperidine rings is 1. The fraction of sp³-hybridized carbons (Fsp3) is 0.355. The number of nitrogens with one attached hydrogen (secondary N) is 2. The van der Waals surface area contributed by atoms with Crippen LogP contribution in [0.4, 0.5) is 16.4 Å². The predicted octanol–water partition coefficient (Wildman–Crippen LogP) is 4.91. The van der Waals surface area contributed by atoms with E-state index in [1.165, 1.54) is 11.8 Å². The van der Waals surface area contributed by atoms with Crippen LogP contribution in [0.2, 0.25) is 0 Å². The summed E-state index contributed by atoms with van der Waals surface area (Å²) in [5.41, 5.74) is 3.64. The molecule has 2 aromatic heterocycles. The number of carbonyl (C=O) groups is 1. The van der Waals surface area contributed by atoms with Crippen molar-refractivity contribution in [1.82, 2.24) is 19.5 Å². The van der Waals surface area contributed by atoms with Crippen LogP contribution in [0.5, 0.6) is 0 Å². The molecule has 212 valence electrons. The van der Waals surface area contributed by atoms with Gasteiger partial charge >= 0.3 is 6.09 Å². The van der Waals surface area contributed by atoms with Crippen LogP contribution in [0.3, 0.4) is 0 Å². The normalized spacial score (nSPS) is 17.2. The van der Waals surface area contributed by atoms with E-state index >= 15 is 0 Å². The summed E-state index contributed by atoms with van der Waals surface area (Å²) in [6.45, 7) is 7.20. The van der Waals surface area contributed by atoms with Crippen molar-refractivity contribution in [3.63, 3.8) is 0 Å². The molecule has 5 rings (SSSR count). The van der Waals surface area contributed by atoms with Gasteiger partial charge in [-0.05, 0) is 43.9 Å². The van der Waals surface area contributed by atoms with Gasteiger partial charge in [0.2, 0.25) is 0 Å². The van der Waals surface area contributed by atoms with Crippen LogP contribution in [-0.2, 0) is 11.3 Å². The minimum Gasteiger partial charge on any atom is -0.444 e. The topological polar surface area (TPSA) is 128 Å². The average Bonchev–Trinajstić information content (AvgIpc) is 3.38. The molecule has 0 aliphatic carbocycles. The Bertz CT molecular complexity index is 1540. The highest BCUT2D eigenvalue weighted by Crippen LogP contribution is 2.24. The van der Waals surface area contributed by atoms with Crippen molar-refractivity contribution < 1.29 is 14.6 Å². The lowest BCUT2D eigenvalue weighted by Gasteiger charge is -2.36. The van der Waals surface area contributed by atoms with E-state index in [1.54, 1.807) is 9.42 Å². The molecule has 1 amide bonds. The molecule has 0 saturated carbocycles. The standard InChI is InChI=1S/C31H35N7O3/c1-31(2,3)41-30(40)37-14-13-24(26(39)20-37)18-33-27-15-28(38-29(36-27)25(16-32)19-35-38)34-17-21-9-11-23(12-10-21)22-7-5-4-6-8-22/h4-12,15,19,24,26,34,39H,13-14,17-18,20H2,1-3H3,(H,33,36)/t24-,26+/m1/s1. The van der Waals surface area contributed by atoms with E-state index < -0.39 is 17.8 Å². The van der Waals surface area contributed by atoms with Crippen LogP contribution in [0.25, 0.3) is 16.8 Å². The molecule has 3 heterocycles. The zero-order valence-electron chi connectivity index (χ0n) is 23.5. The van der Waals surface area contributed by atoms with E-state index in [2.05, 4.69) is 63.2 Å². The number of amides is 1. The monoisotopic (exact) mass is 553 g/mol. The summed E-state index contributed by atoms with van der Waals surface area (Å²) >= 11 is 0. The number of anilines is 2. The third-order valence-electron chi connectivity index (χ3n) is 7.05. The molecular weight excluding hydrogens is 518 g/mol. The Kier molecular flexibility index (Phi) is 8.08. The molecule has 2 atom stereocenters. The average molecular weight is 554 g/mol. The van der Waals surface area contributed by atoms with Gasteiger partial charge < -0.3 is 25.4 Å². The van der Waals surface area contributed by atoms with E-state index in [0.29, 0.717) is 48.9 Å². The first kappa shape index (κ1) is 27.9. The molecule has 4 aromatic rings. The second kappa shape index (κ2) is 11.9. The van der Waals surface area contributed by atoms with Gasteiger partial charge in [0.25, 0.3) is 0 Å². The van der Waals surface area contributed by atoms with E-state index in [0.717, 1.165) is 11.1 Å². The lowest BCUT2D eigenvalue weighted by atomic mass is 9.94. The van der Waals surface area contributed by atoms with Crippen molar-refractivity contribution in [2.24, 2.45) is 5.92 Å². The molecule has 1 saturated heterocycles. The van der Waals surface area contributed by atoms with E-state index in [-0.39, 0.29) is 12.5 Å². The van der Waals surface area contributed by atoms with Gasteiger partial charge in [-0.15, -0.1) is 0 Å². The lowest BCUT2D eigenvalue weighted by molar-refractivity contribution is -0.0104. The number of aliphatic hydroxyl groups excluding tert-OH is 1. The first-order valence-electron chi connectivity index (χ1n) is 13.8. The van der Waals surface area contributed by atoms with Crippen molar-refractivity contribution in [3.8, 4) is 17.2 Å². The molecule has 41 heavy (non-hydrogen) atoms. The van der Waals surface area contributed by atoms with E-state index in [4.69, 9.17) is 4.74 Å². The number of carbonyl (C=O) groups excluding carboxylic acids is 1. The summed E-state index contributed by atoms with van der Waals surface area (Å²) in [5.74, 6) is 1.18. The number of hydrogen-bond acceptors (Lipinski definition) is 8. The van der Waals surface area contributed by atoms with Crippen molar-refractivity contribution in [1.29, 1.82) is 5.26 Å². The lowest BCUT2D eigenvalue weighted by Crippen LogP contribution is -2.49. The van der Waals surface area contributed by atoms with Crippen molar-refractivity contribution in [2.45, 2.75) is 45.4 Å². The Morgan fingerprint density at radius 3 is 2.54 bits per heavy atom. The summed E-state index contributed by atoms with van der Waals surface area (Å²) in [5, 5.41) is 31.5. The van der Waals surface area contributed by atoms with Crippen LogP contribution in [0, 0.1) is 17.2 Å². The van der Waals surface area contributed by atoms with Crippen LogP contribution < -0.4 is 10.6 Å². The van der Waals surface area contributed by atoms with Crippen molar-refractivity contribution in [3.05, 3.63) is 78.0 Å². The second-order valence-electron chi connectivity index (χ2n) is 11.3. The molecule has 1 aliphatic rings. The molecule has 1 aliphatic heterocycles. The Morgan fingerprint density at radius 1 is 1.12 bits per heavy atom. The molecule has 0 unspecified atom stereocenters. The summed E-state index contributed by atoms with van der Waals surface area (Å²) in [7, 11) is 0. The van der Waals surface area contributed by atoms with E-state index in [9.17, 15) is 15.2 Å². The maximum atomic E-state index is 12.4. The number of aliphatic hydroxyl groups is 1. The first-order valence-corrected chi connectivity index (χ1v) is 13.8. The number of β-amino-alcohol motifs (C(OH)–C–C–N with tert-alkyl or cyclic N) is 1. The number of benzene rings is 2. The van der Waals surface area contributed by atoms with Crippen LogP contribution in [0.15, 0.2) is 66.9 Å².